The summed E-state index contributed by atoms with van der Waals surface area (Å²) in [7, 11) is 1.60. The molecule has 10 heteroatoms. The monoisotopic (exact) mass is 580 g/mol. The zero-order valence-corrected chi connectivity index (χ0v) is 24.4. The first kappa shape index (κ1) is 27.8. The van der Waals surface area contributed by atoms with E-state index in [-0.39, 0.29) is 22.9 Å². The second-order valence-corrected chi connectivity index (χ2v) is 10.8. The Morgan fingerprint density at radius 3 is 2.58 bits per heavy atom. The molecule has 0 saturated carbocycles. The lowest BCUT2D eigenvalue weighted by atomic mass is 9.81. The Kier molecular flexibility index (Phi) is 7.42. The number of benzene rings is 2. The van der Waals surface area contributed by atoms with Gasteiger partial charge in [-0.3, -0.25) is 4.79 Å². The molecule has 1 aliphatic heterocycles. The molecule has 40 heavy (non-hydrogen) atoms. The fourth-order valence-electron chi connectivity index (χ4n) is 5.43. The van der Waals surface area contributed by atoms with Gasteiger partial charge in [0.05, 0.1) is 42.2 Å². The highest BCUT2D eigenvalue weighted by atomic mass is 35.5. The van der Waals surface area contributed by atoms with Gasteiger partial charge in [0.15, 0.2) is 5.69 Å². The van der Waals surface area contributed by atoms with Crippen LogP contribution in [0.4, 0.5) is 5.69 Å². The Hall–Kier alpha value is -3.75. The molecule has 0 amide bonds. The maximum atomic E-state index is 13.4. The summed E-state index contributed by atoms with van der Waals surface area (Å²) in [5, 5.41) is 4.21. The van der Waals surface area contributed by atoms with Gasteiger partial charge in [-0.15, -0.1) is 0 Å². The largest absolute Gasteiger partial charge is 0.496 e. The molecule has 0 saturated heterocycles. The molecule has 1 N–H and O–H groups in total. The number of anilines is 1. The van der Waals surface area contributed by atoms with Gasteiger partial charge in [0.25, 0.3) is 5.56 Å². The summed E-state index contributed by atoms with van der Waals surface area (Å²) in [4.78, 5) is 30.8. The van der Waals surface area contributed by atoms with Crippen LogP contribution in [-0.4, -0.2) is 33.8 Å². The third-order valence-electron chi connectivity index (χ3n) is 7.24. The maximum Gasteiger partial charge on any atom is 0.358 e. The Balaban J connectivity index is 1.84. The third kappa shape index (κ3) is 4.55. The molecule has 0 radical (unpaired) electrons. The predicted octanol–water partition coefficient (Wildman–Crippen LogP) is 6.52. The van der Waals surface area contributed by atoms with Crippen molar-refractivity contribution in [3.8, 4) is 17.1 Å². The molecule has 0 fully saturated rings. The smallest absolute Gasteiger partial charge is 0.358 e. The van der Waals surface area contributed by atoms with Gasteiger partial charge in [-0.05, 0) is 69.2 Å². The summed E-state index contributed by atoms with van der Waals surface area (Å²) in [5.41, 5.74) is 3.03. The standard InChI is InChI=1S/C30H30Cl2N4O4/c1-6-35-16-18(15-22(32)28(35)37)33-24-19-13-12-17(31)14-21(19)30(3,4)36-26(24)25(29(38)40-7-2)34-27(36)20-10-8-9-11-23(20)39-5/h8-16,24,33H,6-7H2,1-5H3. The molecule has 1 unspecified atom stereocenters. The topological polar surface area (TPSA) is 87.4 Å². The highest BCUT2D eigenvalue weighted by molar-refractivity contribution is 6.31. The second kappa shape index (κ2) is 10.7. The SMILES string of the molecule is CCOC(=O)c1nc(-c2ccccc2OC)n2c1C(Nc1cc(Cl)c(=O)n(CC)c1)c1ccc(Cl)cc1C2(C)C. The number of hydrogen-bond donors (Lipinski definition) is 1. The van der Waals surface area contributed by atoms with Gasteiger partial charge in [-0.2, -0.15) is 0 Å². The van der Waals surface area contributed by atoms with E-state index < -0.39 is 17.6 Å². The zero-order chi connectivity index (χ0) is 28.8. The molecule has 5 rings (SSSR count). The lowest BCUT2D eigenvalue weighted by molar-refractivity contribution is 0.0518. The minimum absolute atomic E-state index is 0.0909. The van der Waals surface area contributed by atoms with Gasteiger partial charge in [0, 0.05) is 17.8 Å². The molecular weight excluding hydrogens is 551 g/mol. The first-order valence-corrected chi connectivity index (χ1v) is 13.8. The van der Waals surface area contributed by atoms with Crippen molar-refractivity contribution in [3.63, 3.8) is 0 Å². The number of carbonyl (C=O) groups is 1. The molecule has 0 aliphatic carbocycles. The molecule has 8 nitrogen and oxygen atoms in total. The van der Waals surface area contributed by atoms with Crippen molar-refractivity contribution in [3.05, 3.63) is 97.6 Å². The van der Waals surface area contributed by atoms with E-state index in [0.29, 0.717) is 34.5 Å². The summed E-state index contributed by atoms with van der Waals surface area (Å²) >= 11 is 12.8. The molecule has 208 valence electrons. The van der Waals surface area contributed by atoms with Crippen molar-refractivity contribution in [2.75, 3.05) is 19.0 Å². The van der Waals surface area contributed by atoms with Crippen LogP contribution < -0.4 is 15.6 Å². The number of aromatic nitrogens is 3. The number of halogens is 2. The number of para-hydroxylation sites is 1. The average Bonchev–Trinajstić information content (AvgIpc) is 3.35. The summed E-state index contributed by atoms with van der Waals surface area (Å²) in [6, 6.07) is 14.3. The van der Waals surface area contributed by atoms with Crippen molar-refractivity contribution in [1.82, 2.24) is 14.1 Å². The average molecular weight is 582 g/mol. The van der Waals surface area contributed by atoms with Crippen molar-refractivity contribution in [2.45, 2.75) is 45.8 Å². The van der Waals surface area contributed by atoms with Crippen LogP contribution in [0.2, 0.25) is 10.0 Å². The van der Waals surface area contributed by atoms with Crippen molar-refractivity contribution >= 4 is 34.9 Å². The zero-order valence-electron chi connectivity index (χ0n) is 22.9. The highest BCUT2D eigenvalue weighted by Gasteiger charge is 2.44. The first-order chi connectivity index (χ1) is 19.1. The molecule has 1 atom stereocenters. The van der Waals surface area contributed by atoms with Crippen LogP contribution in [0.3, 0.4) is 0 Å². The van der Waals surface area contributed by atoms with Gasteiger partial charge >= 0.3 is 5.97 Å². The number of ether oxygens (including phenoxy) is 2. The highest BCUT2D eigenvalue weighted by Crippen LogP contribution is 2.48. The number of nitrogens with zero attached hydrogens (tertiary/aromatic N) is 3. The van der Waals surface area contributed by atoms with E-state index in [9.17, 15) is 9.59 Å². The maximum absolute atomic E-state index is 13.4. The van der Waals surface area contributed by atoms with E-state index in [2.05, 4.69) is 19.2 Å². The van der Waals surface area contributed by atoms with E-state index >= 15 is 0 Å². The number of methoxy groups -OCH3 is 1. The number of carbonyl (C=O) groups excluding carboxylic acids is 1. The fraction of sp³-hybridized carbons (Fsp3) is 0.300. The number of pyridine rings is 1. The first-order valence-electron chi connectivity index (χ1n) is 13.0. The quantitative estimate of drug-likeness (QED) is 0.250. The summed E-state index contributed by atoms with van der Waals surface area (Å²) in [5.74, 6) is 0.628. The summed E-state index contributed by atoms with van der Waals surface area (Å²) in [6.07, 6.45) is 1.72. The minimum atomic E-state index is -0.679. The summed E-state index contributed by atoms with van der Waals surface area (Å²) in [6.45, 7) is 8.39. The lowest BCUT2D eigenvalue weighted by Gasteiger charge is -2.41. The second-order valence-electron chi connectivity index (χ2n) is 9.96. The van der Waals surface area contributed by atoms with Crippen LogP contribution in [0.15, 0.2) is 59.5 Å². The number of rotatable bonds is 7. The Morgan fingerprint density at radius 1 is 1.12 bits per heavy atom. The van der Waals surface area contributed by atoms with Gasteiger partial charge < -0.3 is 23.9 Å². The Bertz CT molecular complexity index is 1670. The number of imidazole rings is 1. The van der Waals surface area contributed by atoms with E-state index in [1.54, 1.807) is 26.3 Å². The van der Waals surface area contributed by atoms with Crippen LogP contribution in [-0.2, 0) is 16.8 Å². The molecule has 2 aromatic carbocycles. The number of fused-ring (bicyclic) bond motifs is 2. The van der Waals surface area contributed by atoms with Crippen LogP contribution >= 0.6 is 23.2 Å². The van der Waals surface area contributed by atoms with Crippen molar-refractivity contribution in [2.24, 2.45) is 0 Å². The lowest BCUT2D eigenvalue weighted by Crippen LogP contribution is -2.39. The predicted molar refractivity (Wildman–Crippen MR) is 157 cm³/mol. The van der Waals surface area contributed by atoms with Crippen LogP contribution in [0, 0.1) is 0 Å². The van der Waals surface area contributed by atoms with Crippen LogP contribution in [0.25, 0.3) is 11.4 Å². The van der Waals surface area contributed by atoms with Gasteiger partial charge in [-0.25, -0.2) is 9.78 Å². The number of nitrogens with one attached hydrogen (secondary N) is 1. The molecule has 0 bridgehead atoms. The Labute approximate surface area is 242 Å². The molecule has 1 aliphatic rings. The Morgan fingerprint density at radius 2 is 1.88 bits per heavy atom. The normalized spacial score (nSPS) is 15.2. The number of esters is 1. The van der Waals surface area contributed by atoms with E-state index in [1.165, 1.54) is 4.57 Å². The van der Waals surface area contributed by atoms with E-state index in [0.717, 1.165) is 16.7 Å². The van der Waals surface area contributed by atoms with Gasteiger partial charge in [0.2, 0.25) is 0 Å². The fourth-order valence-corrected chi connectivity index (χ4v) is 5.83. The third-order valence-corrected chi connectivity index (χ3v) is 7.75. The number of hydrogen-bond acceptors (Lipinski definition) is 6. The van der Waals surface area contributed by atoms with Gasteiger partial charge in [0.1, 0.15) is 16.6 Å². The number of aryl methyl sites for hydroxylation is 1. The minimum Gasteiger partial charge on any atom is -0.496 e. The van der Waals surface area contributed by atoms with Crippen molar-refractivity contribution in [1.29, 1.82) is 0 Å². The molecule has 2 aromatic heterocycles. The molecule has 4 aromatic rings. The molecule has 3 heterocycles. The van der Waals surface area contributed by atoms with Gasteiger partial charge in [-0.1, -0.05) is 41.4 Å². The van der Waals surface area contributed by atoms with Crippen LogP contribution in [0.1, 0.15) is 61.0 Å². The van der Waals surface area contributed by atoms with E-state index in [1.807, 2.05) is 54.0 Å². The summed E-state index contributed by atoms with van der Waals surface area (Å²) < 4.78 is 14.7. The van der Waals surface area contributed by atoms with Crippen molar-refractivity contribution < 1.29 is 14.3 Å². The molecular formula is C30H30Cl2N4O4. The van der Waals surface area contributed by atoms with Crippen LogP contribution in [0.5, 0.6) is 5.75 Å². The molecule has 0 spiro atoms. The van der Waals surface area contributed by atoms with E-state index in [4.69, 9.17) is 37.7 Å².